The third-order valence-electron chi connectivity index (χ3n) is 6.72. The zero-order chi connectivity index (χ0) is 21.9. The second kappa shape index (κ2) is 9.96. The van der Waals surface area contributed by atoms with E-state index >= 15 is 0 Å². The number of likely N-dealkylation sites (tertiary alicyclic amines) is 1. The summed E-state index contributed by atoms with van der Waals surface area (Å²) in [6, 6.07) is -0.718. The molecule has 3 amide bonds. The molecule has 2 bridgehead atoms. The van der Waals surface area contributed by atoms with E-state index in [1.54, 1.807) is 11.9 Å². The zero-order valence-corrected chi connectivity index (χ0v) is 19.4. The van der Waals surface area contributed by atoms with Crippen molar-refractivity contribution in [3.05, 3.63) is 0 Å². The number of alkyl halides is 1. The molecule has 0 aromatic rings. The predicted octanol–water partition coefficient (Wildman–Crippen LogP) is 0.949. The van der Waals surface area contributed by atoms with Crippen LogP contribution >= 0.6 is 15.9 Å². The van der Waals surface area contributed by atoms with Gasteiger partial charge in [0, 0.05) is 31.6 Å². The maximum absolute atomic E-state index is 13.5. The molecule has 3 aliphatic rings. The molecule has 0 aromatic heterocycles. The Morgan fingerprint density at radius 2 is 1.97 bits per heavy atom. The number of hydrogen-bond donors (Lipinski definition) is 3. The molecule has 170 valence electrons. The van der Waals surface area contributed by atoms with Crippen LogP contribution in [0.4, 0.5) is 0 Å². The summed E-state index contributed by atoms with van der Waals surface area (Å²) in [5.74, 6) is -1.77. The van der Waals surface area contributed by atoms with E-state index in [0.717, 1.165) is 38.5 Å². The van der Waals surface area contributed by atoms with Crippen LogP contribution in [0.1, 0.15) is 51.9 Å². The van der Waals surface area contributed by atoms with Crippen LogP contribution in [0.5, 0.6) is 0 Å². The summed E-state index contributed by atoms with van der Waals surface area (Å²) < 4.78 is 6.35. The van der Waals surface area contributed by atoms with Gasteiger partial charge in [0.2, 0.25) is 17.7 Å². The number of nitrogens with zero attached hydrogens (tertiary/aromatic N) is 1. The largest absolute Gasteiger partial charge is 0.396 e. The van der Waals surface area contributed by atoms with E-state index in [9.17, 15) is 14.4 Å². The number of nitrogens with one attached hydrogen (secondary N) is 2. The number of aliphatic hydroxyl groups is 1. The Balaban J connectivity index is 1.85. The topological polar surface area (TPSA) is 108 Å². The number of rotatable bonds is 11. The van der Waals surface area contributed by atoms with Gasteiger partial charge in [-0.2, -0.15) is 0 Å². The molecule has 3 N–H and O–H groups in total. The van der Waals surface area contributed by atoms with Crippen LogP contribution in [-0.2, 0) is 19.1 Å². The quantitative estimate of drug-likeness (QED) is 0.297. The Kier molecular flexibility index (Phi) is 7.79. The predicted molar refractivity (Wildman–Crippen MR) is 115 cm³/mol. The van der Waals surface area contributed by atoms with Crippen molar-refractivity contribution < 1.29 is 24.2 Å². The highest BCUT2D eigenvalue weighted by molar-refractivity contribution is 9.09. The standard InChI is InChI=1S/C21H34BrN3O5/c1-3-4-9-24-19(28)17-21-12-13(22)16(30-21)14(18(27)23-2)15(21)20(29)25(17)10-7-5-6-8-11-26/h13-17,26H,3-12H2,1-2H3,(H,23,27)(H,24,28)/t13?,14-,15-,16-,17?,21?/m0/s1. The second-order valence-corrected chi connectivity index (χ2v) is 9.77. The third kappa shape index (κ3) is 4.00. The molecule has 0 radical (unpaired) electrons. The number of aliphatic hydroxyl groups excluding tert-OH is 1. The lowest BCUT2D eigenvalue weighted by molar-refractivity contribution is -0.142. The fourth-order valence-electron chi connectivity index (χ4n) is 5.37. The highest BCUT2D eigenvalue weighted by atomic mass is 79.9. The summed E-state index contributed by atoms with van der Waals surface area (Å²) in [6.45, 7) is 3.23. The number of carbonyl (C=O) groups excluding carboxylic acids is 3. The fraction of sp³-hybridized carbons (Fsp3) is 0.857. The summed E-state index contributed by atoms with van der Waals surface area (Å²) in [4.78, 5) is 41.0. The maximum Gasteiger partial charge on any atom is 0.245 e. The van der Waals surface area contributed by atoms with Gasteiger partial charge in [0.05, 0.1) is 17.9 Å². The molecule has 3 fully saturated rings. The van der Waals surface area contributed by atoms with Crippen molar-refractivity contribution in [2.24, 2.45) is 11.8 Å². The summed E-state index contributed by atoms with van der Waals surface area (Å²) >= 11 is 3.64. The van der Waals surface area contributed by atoms with Crippen LogP contribution in [0.3, 0.4) is 0 Å². The molecule has 3 aliphatic heterocycles. The molecule has 0 saturated carbocycles. The normalized spacial score (nSPS) is 34.3. The molecular weight excluding hydrogens is 454 g/mol. The van der Waals surface area contributed by atoms with Gasteiger partial charge in [-0.1, -0.05) is 42.1 Å². The molecule has 3 saturated heterocycles. The van der Waals surface area contributed by atoms with Crippen molar-refractivity contribution in [3.8, 4) is 0 Å². The smallest absolute Gasteiger partial charge is 0.245 e. The lowest BCUT2D eigenvalue weighted by atomic mass is 9.70. The average Bonchev–Trinajstić information content (AvgIpc) is 3.31. The van der Waals surface area contributed by atoms with Crippen molar-refractivity contribution in [2.75, 3.05) is 26.7 Å². The van der Waals surface area contributed by atoms with Crippen LogP contribution in [0.25, 0.3) is 0 Å². The Morgan fingerprint density at radius 3 is 2.63 bits per heavy atom. The van der Waals surface area contributed by atoms with Gasteiger partial charge < -0.3 is 25.4 Å². The summed E-state index contributed by atoms with van der Waals surface area (Å²) in [5.41, 5.74) is -0.964. The summed E-state index contributed by atoms with van der Waals surface area (Å²) in [7, 11) is 1.57. The highest BCUT2D eigenvalue weighted by Crippen LogP contribution is 2.59. The van der Waals surface area contributed by atoms with Crippen molar-refractivity contribution in [2.45, 2.75) is 74.4 Å². The van der Waals surface area contributed by atoms with E-state index in [1.165, 1.54) is 0 Å². The van der Waals surface area contributed by atoms with E-state index < -0.39 is 29.6 Å². The minimum absolute atomic E-state index is 0.0701. The molecule has 1 spiro atoms. The Labute approximate surface area is 186 Å². The van der Waals surface area contributed by atoms with Crippen LogP contribution < -0.4 is 10.6 Å². The van der Waals surface area contributed by atoms with Gasteiger partial charge >= 0.3 is 0 Å². The van der Waals surface area contributed by atoms with E-state index in [2.05, 4.69) is 33.5 Å². The van der Waals surface area contributed by atoms with E-state index in [4.69, 9.17) is 9.84 Å². The van der Waals surface area contributed by atoms with Gasteiger partial charge in [-0.25, -0.2) is 0 Å². The molecular formula is C21H34BrN3O5. The Morgan fingerprint density at radius 1 is 1.23 bits per heavy atom. The molecule has 6 atom stereocenters. The van der Waals surface area contributed by atoms with Gasteiger partial charge in [0.25, 0.3) is 0 Å². The number of fused-ring (bicyclic) bond motifs is 1. The zero-order valence-electron chi connectivity index (χ0n) is 17.9. The lowest BCUT2D eigenvalue weighted by Gasteiger charge is -2.34. The first-order valence-corrected chi connectivity index (χ1v) is 12.1. The third-order valence-corrected chi connectivity index (χ3v) is 7.57. The number of ether oxygens (including phenoxy) is 1. The van der Waals surface area contributed by atoms with Crippen LogP contribution in [0.15, 0.2) is 0 Å². The van der Waals surface area contributed by atoms with Gasteiger partial charge in [0.1, 0.15) is 11.6 Å². The van der Waals surface area contributed by atoms with Crippen LogP contribution in [0.2, 0.25) is 0 Å². The number of amides is 3. The maximum atomic E-state index is 13.5. The average molecular weight is 488 g/mol. The molecule has 9 heteroatoms. The second-order valence-electron chi connectivity index (χ2n) is 8.59. The fourth-order valence-corrected chi connectivity index (χ4v) is 6.31. The minimum Gasteiger partial charge on any atom is -0.396 e. The molecule has 30 heavy (non-hydrogen) atoms. The first kappa shape index (κ1) is 23.5. The molecule has 8 nitrogen and oxygen atoms in total. The molecule has 3 rings (SSSR count). The minimum atomic E-state index is -0.964. The van der Waals surface area contributed by atoms with Crippen LogP contribution in [-0.4, -0.2) is 77.0 Å². The van der Waals surface area contributed by atoms with E-state index in [0.29, 0.717) is 19.5 Å². The van der Waals surface area contributed by atoms with Gasteiger partial charge in [-0.15, -0.1) is 0 Å². The first-order chi connectivity index (χ1) is 14.4. The lowest BCUT2D eigenvalue weighted by Crippen LogP contribution is -2.56. The van der Waals surface area contributed by atoms with Crippen molar-refractivity contribution in [1.82, 2.24) is 15.5 Å². The molecule has 0 aromatic carbocycles. The highest BCUT2D eigenvalue weighted by Gasteiger charge is 2.76. The SMILES string of the molecule is CCCCNC(=O)C1N(CCCCCCO)C(=O)[C@@H]2[C@H](C(=O)NC)[C@H]3OC12CC3Br. The van der Waals surface area contributed by atoms with Gasteiger partial charge in [-0.05, 0) is 25.7 Å². The molecule has 3 unspecified atom stereocenters. The van der Waals surface area contributed by atoms with E-state index in [-0.39, 0.29) is 29.2 Å². The van der Waals surface area contributed by atoms with Crippen molar-refractivity contribution in [3.63, 3.8) is 0 Å². The van der Waals surface area contributed by atoms with E-state index in [1.807, 2.05) is 0 Å². The van der Waals surface area contributed by atoms with Crippen molar-refractivity contribution in [1.29, 1.82) is 0 Å². The summed E-state index contributed by atoms with van der Waals surface area (Å²) in [5, 5.41) is 14.6. The Bertz CT molecular complexity index is 663. The first-order valence-electron chi connectivity index (χ1n) is 11.2. The van der Waals surface area contributed by atoms with Crippen molar-refractivity contribution >= 4 is 33.7 Å². The molecule has 3 heterocycles. The Hall–Kier alpha value is -1.19. The van der Waals surface area contributed by atoms with Crippen LogP contribution in [0, 0.1) is 11.8 Å². The molecule has 0 aliphatic carbocycles. The van der Waals surface area contributed by atoms with Gasteiger partial charge in [-0.3, -0.25) is 14.4 Å². The summed E-state index contributed by atoms with van der Waals surface area (Å²) in [6.07, 6.45) is 5.20. The van der Waals surface area contributed by atoms with Gasteiger partial charge in [0.15, 0.2) is 0 Å². The number of unbranched alkanes of at least 4 members (excludes halogenated alkanes) is 4. The number of halogens is 1. The number of carbonyl (C=O) groups is 3. The monoisotopic (exact) mass is 487 g/mol. The number of hydrogen-bond acceptors (Lipinski definition) is 5.